The molecule has 8 heteroatoms. The molecule has 0 spiro atoms. The monoisotopic (exact) mass is 514 g/mol. The topological polar surface area (TPSA) is 64.7 Å². The van der Waals surface area contributed by atoms with Gasteiger partial charge in [0.1, 0.15) is 0 Å². The molecule has 6 rings (SSSR count). The molecule has 7 atom stereocenters. The number of amides is 2. The molecule has 4 fully saturated rings. The summed E-state index contributed by atoms with van der Waals surface area (Å²) in [5.74, 6) is 1.29. The average Bonchev–Trinajstić information content (AvgIpc) is 3.64. The minimum absolute atomic E-state index is 0.0114. The Morgan fingerprint density at radius 1 is 0.771 bits per heavy atom. The second-order valence-electron chi connectivity index (χ2n) is 10.2. The van der Waals surface area contributed by atoms with Crippen LogP contribution in [0, 0.1) is 11.8 Å². The molecule has 0 saturated carbocycles. The molecular formula is C27H32Cl2N4O2. The summed E-state index contributed by atoms with van der Waals surface area (Å²) in [7, 11) is 0. The SMILES string of the molecule is CC1C(NC(=O)c2ccc(Cl)cc2)C2CCN1C2.O=C(NC1CN2CCC1C2)c1ccc(Cl)cc1. The van der Waals surface area contributed by atoms with E-state index >= 15 is 0 Å². The number of nitrogens with zero attached hydrogens (tertiary/aromatic N) is 2. The van der Waals surface area contributed by atoms with E-state index in [1.165, 1.54) is 25.9 Å². The second kappa shape index (κ2) is 10.5. The van der Waals surface area contributed by atoms with Crippen LogP contribution in [-0.4, -0.2) is 72.5 Å². The van der Waals surface area contributed by atoms with Gasteiger partial charge in [0.2, 0.25) is 0 Å². The third kappa shape index (κ3) is 5.51. The molecule has 2 aromatic carbocycles. The highest BCUT2D eigenvalue weighted by molar-refractivity contribution is 6.31. The van der Waals surface area contributed by atoms with E-state index in [0.717, 1.165) is 19.6 Å². The van der Waals surface area contributed by atoms with Gasteiger partial charge in [0.25, 0.3) is 11.8 Å². The van der Waals surface area contributed by atoms with Gasteiger partial charge in [-0.15, -0.1) is 0 Å². The fourth-order valence-corrected chi connectivity index (χ4v) is 6.23. The van der Waals surface area contributed by atoms with Gasteiger partial charge in [-0.05, 0) is 93.2 Å². The quantitative estimate of drug-likeness (QED) is 0.648. The van der Waals surface area contributed by atoms with E-state index in [0.29, 0.717) is 51.1 Å². The third-order valence-corrected chi connectivity index (χ3v) is 8.52. The predicted octanol–water partition coefficient (Wildman–Crippen LogP) is 3.94. The highest BCUT2D eigenvalue weighted by Gasteiger charge is 2.44. The standard InChI is InChI=1S/C14H17ClN2O.C13H15ClN2O/c1-9-13(11-6-7-17(9)8-11)16-14(18)10-2-4-12(15)5-3-10;14-11-3-1-9(2-4-11)13(17)15-12-8-16-6-5-10(12)7-16/h2-5,9,11,13H,6-8H2,1H3,(H,16,18);1-4,10,12H,5-8H2,(H,15,17). The zero-order valence-electron chi connectivity index (χ0n) is 19.9. The molecular weight excluding hydrogens is 483 g/mol. The van der Waals surface area contributed by atoms with E-state index < -0.39 is 0 Å². The van der Waals surface area contributed by atoms with Crippen molar-refractivity contribution in [3.05, 3.63) is 69.7 Å². The van der Waals surface area contributed by atoms with E-state index in [1.807, 2.05) is 0 Å². The number of benzene rings is 2. The van der Waals surface area contributed by atoms with E-state index in [-0.39, 0.29) is 11.8 Å². The molecule has 35 heavy (non-hydrogen) atoms. The van der Waals surface area contributed by atoms with Crippen molar-refractivity contribution in [2.75, 3.05) is 32.7 Å². The van der Waals surface area contributed by atoms with Crippen LogP contribution in [0.3, 0.4) is 0 Å². The van der Waals surface area contributed by atoms with Gasteiger partial charge in [-0.1, -0.05) is 23.2 Å². The fourth-order valence-electron chi connectivity index (χ4n) is 5.97. The molecule has 186 valence electrons. The van der Waals surface area contributed by atoms with Crippen molar-refractivity contribution in [1.82, 2.24) is 20.4 Å². The van der Waals surface area contributed by atoms with Crippen molar-refractivity contribution in [3.8, 4) is 0 Å². The van der Waals surface area contributed by atoms with Crippen LogP contribution < -0.4 is 10.6 Å². The highest BCUT2D eigenvalue weighted by Crippen LogP contribution is 2.33. The number of carbonyl (C=O) groups excluding carboxylic acids is 2. The normalized spacial score (nSPS) is 32.1. The molecule has 7 unspecified atom stereocenters. The number of piperidine rings is 2. The van der Waals surface area contributed by atoms with Gasteiger partial charge in [0.05, 0.1) is 0 Å². The van der Waals surface area contributed by atoms with Crippen molar-refractivity contribution < 1.29 is 9.59 Å². The first-order valence-corrected chi connectivity index (χ1v) is 13.2. The van der Waals surface area contributed by atoms with Gasteiger partial charge >= 0.3 is 0 Å². The predicted molar refractivity (Wildman–Crippen MR) is 139 cm³/mol. The molecule has 4 aliphatic heterocycles. The maximum absolute atomic E-state index is 12.2. The van der Waals surface area contributed by atoms with Gasteiger partial charge in [0, 0.05) is 58.9 Å². The van der Waals surface area contributed by atoms with Gasteiger partial charge < -0.3 is 15.5 Å². The van der Waals surface area contributed by atoms with E-state index in [4.69, 9.17) is 23.2 Å². The van der Waals surface area contributed by atoms with Gasteiger partial charge in [-0.2, -0.15) is 0 Å². The smallest absolute Gasteiger partial charge is 0.251 e. The van der Waals surface area contributed by atoms with Crippen LogP contribution in [0.5, 0.6) is 0 Å². The van der Waals surface area contributed by atoms with Crippen molar-refractivity contribution in [2.24, 2.45) is 11.8 Å². The summed E-state index contributed by atoms with van der Waals surface area (Å²) in [5.41, 5.74) is 1.37. The summed E-state index contributed by atoms with van der Waals surface area (Å²) < 4.78 is 0. The zero-order chi connectivity index (χ0) is 24.5. The molecule has 4 aliphatic rings. The summed E-state index contributed by atoms with van der Waals surface area (Å²) in [4.78, 5) is 29.0. The molecule has 4 bridgehead atoms. The second-order valence-corrected chi connectivity index (χ2v) is 11.1. The Bertz CT molecular complexity index is 1060. The van der Waals surface area contributed by atoms with Gasteiger partial charge in [0.15, 0.2) is 0 Å². The molecule has 2 aromatic rings. The molecule has 0 aromatic heterocycles. The average molecular weight is 515 g/mol. The summed E-state index contributed by atoms with van der Waals surface area (Å²) in [6.07, 6.45) is 2.42. The molecule has 2 N–H and O–H groups in total. The van der Waals surface area contributed by atoms with Gasteiger partial charge in [-0.25, -0.2) is 0 Å². The maximum atomic E-state index is 12.2. The molecule has 0 aliphatic carbocycles. The lowest BCUT2D eigenvalue weighted by atomic mass is 9.94. The number of hydrogen-bond donors (Lipinski definition) is 2. The Morgan fingerprint density at radius 2 is 1.34 bits per heavy atom. The lowest BCUT2D eigenvalue weighted by Crippen LogP contribution is -2.48. The molecule has 4 saturated heterocycles. The van der Waals surface area contributed by atoms with Crippen LogP contribution in [0.1, 0.15) is 40.5 Å². The Balaban J connectivity index is 0.000000145. The first-order valence-electron chi connectivity index (χ1n) is 12.5. The Kier molecular flexibility index (Phi) is 7.35. The maximum Gasteiger partial charge on any atom is 0.251 e. The van der Waals surface area contributed by atoms with E-state index in [9.17, 15) is 9.59 Å². The van der Waals surface area contributed by atoms with Gasteiger partial charge in [-0.3, -0.25) is 14.5 Å². The van der Waals surface area contributed by atoms with Crippen LogP contribution in [0.4, 0.5) is 0 Å². The first kappa shape index (κ1) is 24.6. The Labute approximate surface area is 216 Å². The molecule has 4 heterocycles. The number of halogens is 2. The summed E-state index contributed by atoms with van der Waals surface area (Å²) in [6, 6.07) is 15.2. The van der Waals surface area contributed by atoms with Crippen LogP contribution in [0.15, 0.2) is 48.5 Å². The van der Waals surface area contributed by atoms with Crippen molar-refractivity contribution in [1.29, 1.82) is 0 Å². The first-order chi connectivity index (χ1) is 16.9. The zero-order valence-corrected chi connectivity index (χ0v) is 21.4. The molecule has 2 amide bonds. The Morgan fingerprint density at radius 3 is 1.83 bits per heavy atom. The van der Waals surface area contributed by atoms with Crippen molar-refractivity contribution >= 4 is 35.0 Å². The number of hydrogen-bond acceptors (Lipinski definition) is 4. The lowest BCUT2D eigenvalue weighted by Gasteiger charge is -2.30. The van der Waals surface area contributed by atoms with E-state index in [1.54, 1.807) is 48.5 Å². The number of rotatable bonds is 4. The van der Waals surface area contributed by atoms with E-state index in [2.05, 4.69) is 27.4 Å². The summed E-state index contributed by atoms with van der Waals surface area (Å²) in [5, 5.41) is 7.61. The lowest BCUT2D eigenvalue weighted by molar-refractivity contribution is 0.0904. The van der Waals surface area contributed by atoms with Crippen LogP contribution >= 0.6 is 23.2 Å². The Hall–Kier alpha value is -2.12. The summed E-state index contributed by atoms with van der Waals surface area (Å²) >= 11 is 11.6. The van der Waals surface area contributed by atoms with Crippen molar-refractivity contribution in [3.63, 3.8) is 0 Å². The minimum Gasteiger partial charge on any atom is -0.348 e. The van der Waals surface area contributed by atoms with Crippen LogP contribution in [0.25, 0.3) is 0 Å². The van der Waals surface area contributed by atoms with Crippen LogP contribution in [-0.2, 0) is 0 Å². The summed E-state index contributed by atoms with van der Waals surface area (Å²) in [6.45, 7) is 7.85. The van der Waals surface area contributed by atoms with Crippen molar-refractivity contribution in [2.45, 2.75) is 37.9 Å². The minimum atomic E-state index is 0.0114. The number of carbonyl (C=O) groups is 2. The third-order valence-electron chi connectivity index (χ3n) is 8.02. The largest absolute Gasteiger partial charge is 0.348 e. The number of fused-ring (bicyclic) bond motifs is 4. The molecule has 6 nitrogen and oxygen atoms in total. The fraction of sp³-hybridized carbons (Fsp3) is 0.481. The number of nitrogens with one attached hydrogen (secondary N) is 2. The molecule has 0 radical (unpaired) electrons. The highest BCUT2D eigenvalue weighted by atomic mass is 35.5. The van der Waals surface area contributed by atoms with Crippen LogP contribution in [0.2, 0.25) is 10.0 Å².